The van der Waals surface area contributed by atoms with Gasteiger partial charge in [-0.2, -0.15) is 0 Å². The van der Waals surface area contributed by atoms with E-state index in [0.717, 1.165) is 24.2 Å². The van der Waals surface area contributed by atoms with Gasteiger partial charge in [-0.1, -0.05) is 0 Å². The van der Waals surface area contributed by atoms with Crippen molar-refractivity contribution in [1.82, 2.24) is 0 Å². The van der Waals surface area contributed by atoms with Gasteiger partial charge < -0.3 is 5.11 Å². The van der Waals surface area contributed by atoms with Crippen molar-refractivity contribution >= 4 is 0 Å². The van der Waals surface area contributed by atoms with E-state index < -0.39 is 0 Å². The Morgan fingerprint density at radius 1 is 1.10 bits per heavy atom. The molecule has 0 aromatic heterocycles. The summed E-state index contributed by atoms with van der Waals surface area (Å²) in [5.74, 6) is 2.93. The number of rotatable bonds is 4. The van der Waals surface area contributed by atoms with Gasteiger partial charge in [0.15, 0.2) is 0 Å². The molecule has 0 amide bonds. The molecule has 0 atom stereocenters. The van der Waals surface area contributed by atoms with Gasteiger partial charge in [0, 0.05) is 6.61 Å². The third-order valence-electron chi connectivity index (χ3n) is 2.92. The molecule has 2 aliphatic rings. The third kappa shape index (κ3) is 1.34. The van der Waals surface area contributed by atoms with Crippen molar-refractivity contribution in [3.8, 4) is 0 Å². The Labute approximate surface area is 62.4 Å². The number of hydrogen-bond acceptors (Lipinski definition) is 1. The Hall–Kier alpha value is -0.0400. The van der Waals surface area contributed by atoms with Crippen molar-refractivity contribution in [2.45, 2.75) is 32.1 Å². The minimum absolute atomic E-state index is 0.414. The Balaban J connectivity index is 1.80. The normalized spacial score (nSPS) is 25.8. The fourth-order valence-corrected chi connectivity index (χ4v) is 2.05. The minimum Gasteiger partial charge on any atom is -0.396 e. The summed E-state index contributed by atoms with van der Waals surface area (Å²) in [5, 5.41) is 8.79. The molecular formula is C9H16O. The molecule has 2 rings (SSSR count). The topological polar surface area (TPSA) is 20.2 Å². The molecule has 1 nitrogen and oxygen atoms in total. The first kappa shape index (κ1) is 6.66. The van der Waals surface area contributed by atoms with E-state index in [1.165, 1.54) is 25.7 Å². The van der Waals surface area contributed by atoms with Gasteiger partial charge in [-0.05, 0) is 49.9 Å². The van der Waals surface area contributed by atoms with E-state index in [-0.39, 0.29) is 0 Å². The second kappa shape index (κ2) is 2.54. The lowest BCUT2D eigenvalue weighted by Gasteiger charge is -2.12. The van der Waals surface area contributed by atoms with E-state index in [9.17, 15) is 0 Å². The summed E-state index contributed by atoms with van der Waals surface area (Å²) < 4.78 is 0. The van der Waals surface area contributed by atoms with E-state index in [2.05, 4.69) is 0 Å². The van der Waals surface area contributed by atoms with Crippen LogP contribution in [-0.4, -0.2) is 11.7 Å². The van der Waals surface area contributed by atoms with Crippen LogP contribution in [0.25, 0.3) is 0 Å². The lowest BCUT2D eigenvalue weighted by Crippen LogP contribution is -2.07. The van der Waals surface area contributed by atoms with Gasteiger partial charge in [0.25, 0.3) is 0 Å². The van der Waals surface area contributed by atoms with Crippen LogP contribution >= 0.6 is 0 Å². The molecule has 2 aliphatic carbocycles. The summed E-state index contributed by atoms with van der Waals surface area (Å²) in [6, 6.07) is 0. The zero-order chi connectivity index (χ0) is 6.97. The Morgan fingerprint density at radius 3 is 1.90 bits per heavy atom. The van der Waals surface area contributed by atoms with Crippen LogP contribution in [0.3, 0.4) is 0 Å². The van der Waals surface area contributed by atoms with Crippen LogP contribution in [0.5, 0.6) is 0 Å². The van der Waals surface area contributed by atoms with Crippen LogP contribution in [0.2, 0.25) is 0 Å². The third-order valence-corrected chi connectivity index (χ3v) is 2.92. The Bertz CT molecular complexity index is 102. The molecule has 0 bridgehead atoms. The van der Waals surface area contributed by atoms with Crippen molar-refractivity contribution < 1.29 is 5.11 Å². The zero-order valence-corrected chi connectivity index (χ0v) is 6.42. The van der Waals surface area contributed by atoms with E-state index in [4.69, 9.17) is 5.11 Å². The quantitative estimate of drug-likeness (QED) is 0.631. The minimum atomic E-state index is 0.414. The van der Waals surface area contributed by atoms with Gasteiger partial charge >= 0.3 is 0 Å². The molecule has 58 valence electrons. The summed E-state index contributed by atoms with van der Waals surface area (Å²) >= 11 is 0. The van der Waals surface area contributed by atoms with E-state index in [1.807, 2.05) is 0 Å². The van der Waals surface area contributed by atoms with Crippen LogP contribution < -0.4 is 0 Å². The highest BCUT2D eigenvalue weighted by Crippen LogP contribution is 2.50. The van der Waals surface area contributed by atoms with Gasteiger partial charge in [-0.25, -0.2) is 0 Å². The summed E-state index contributed by atoms with van der Waals surface area (Å²) in [7, 11) is 0. The summed E-state index contributed by atoms with van der Waals surface area (Å²) in [6.07, 6.45) is 6.86. The fourth-order valence-electron chi connectivity index (χ4n) is 2.05. The summed E-state index contributed by atoms with van der Waals surface area (Å²) in [6.45, 7) is 0.414. The van der Waals surface area contributed by atoms with Gasteiger partial charge in [-0.3, -0.25) is 0 Å². The molecule has 0 saturated heterocycles. The highest BCUT2D eigenvalue weighted by molar-refractivity contribution is 4.90. The highest BCUT2D eigenvalue weighted by atomic mass is 16.3. The fraction of sp³-hybridized carbons (Fsp3) is 1.00. The first-order valence-electron chi connectivity index (χ1n) is 4.52. The van der Waals surface area contributed by atoms with Gasteiger partial charge in [-0.15, -0.1) is 0 Å². The molecule has 0 spiro atoms. The molecule has 1 N–H and O–H groups in total. The van der Waals surface area contributed by atoms with E-state index >= 15 is 0 Å². The average molecular weight is 140 g/mol. The van der Waals surface area contributed by atoms with Crippen LogP contribution in [-0.2, 0) is 0 Å². The lowest BCUT2D eigenvalue weighted by molar-refractivity contribution is 0.234. The largest absolute Gasteiger partial charge is 0.396 e. The van der Waals surface area contributed by atoms with Crippen molar-refractivity contribution in [2.75, 3.05) is 6.61 Å². The maximum absolute atomic E-state index is 8.79. The van der Waals surface area contributed by atoms with Crippen molar-refractivity contribution in [1.29, 1.82) is 0 Å². The van der Waals surface area contributed by atoms with Crippen molar-refractivity contribution in [3.63, 3.8) is 0 Å². The molecule has 0 heterocycles. The van der Waals surface area contributed by atoms with Gasteiger partial charge in [0.1, 0.15) is 0 Å². The monoisotopic (exact) mass is 140 g/mol. The Kier molecular flexibility index (Phi) is 1.69. The SMILES string of the molecule is OCCC(C1CC1)C1CC1. The van der Waals surface area contributed by atoms with Crippen LogP contribution in [0.1, 0.15) is 32.1 Å². The first-order valence-corrected chi connectivity index (χ1v) is 4.52. The lowest BCUT2D eigenvalue weighted by atomic mass is 9.95. The molecule has 0 unspecified atom stereocenters. The average Bonchev–Trinajstić information content (AvgIpc) is 2.77. The molecule has 1 heteroatoms. The van der Waals surface area contributed by atoms with Crippen LogP contribution in [0.15, 0.2) is 0 Å². The van der Waals surface area contributed by atoms with Crippen LogP contribution in [0.4, 0.5) is 0 Å². The second-order valence-corrected chi connectivity index (χ2v) is 3.85. The first-order chi connectivity index (χ1) is 4.92. The number of aliphatic hydroxyl groups is 1. The predicted octanol–water partition coefficient (Wildman–Crippen LogP) is 1.80. The van der Waals surface area contributed by atoms with E-state index in [0.29, 0.717) is 6.61 Å². The molecule has 0 aromatic carbocycles. The standard InChI is InChI=1S/C9H16O/c10-6-5-9(7-1-2-7)8-3-4-8/h7-10H,1-6H2. The molecule has 0 aliphatic heterocycles. The van der Waals surface area contributed by atoms with Crippen molar-refractivity contribution in [2.24, 2.45) is 17.8 Å². The molecule has 2 saturated carbocycles. The summed E-state index contributed by atoms with van der Waals surface area (Å²) in [5.41, 5.74) is 0. The number of aliphatic hydroxyl groups excluding tert-OH is 1. The Morgan fingerprint density at radius 2 is 1.60 bits per heavy atom. The maximum atomic E-state index is 8.79. The zero-order valence-electron chi connectivity index (χ0n) is 6.42. The van der Waals surface area contributed by atoms with E-state index in [1.54, 1.807) is 0 Å². The molecule has 0 radical (unpaired) electrons. The smallest absolute Gasteiger partial charge is 0.0433 e. The molecule has 0 aromatic rings. The van der Waals surface area contributed by atoms with Gasteiger partial charge in [0.2, 0.25) is 0 Å². The second-order valence-electron chi connectivity index (χ2n) is 3.85. The molecule has 10 heavy (non-hydrogen) atoms. The highest BCUT2D eigenvalue weighted by Gasteiger charge is 2.40. The maximum Gasteiger partial charge on any atom is 0.0433 e. The van der Waals surface area contributed by atoms with Gasteiger partial charge in [0.05, 0.1) is 0 Å². The molecular weight excluding hydrogens is 124 g/mol. The van der Waals surface area contributed by atoms with Crippen molar-refractivity contribution in [3.05, 3.63) is 0 Å². The number of hydrogen-bond donors (Lipinski definition) is 1. The summed E-state index contributed by atoms with van der Waals surface area (Å²) in [4.78, 5) is 0. The van der Waals surface area contributed by atoms with Crippen LogP contribution in [0, 0.1) is 17.8 Å². The molecule has 2 fully saturated rings. The predicted molar refractivity (Wildman–Crippen MR) is 40.6 cm³/mol.